The first-order chi connectivity index (χ1) is 7.72. The molecule has 1 fully saturated rings. The summed E-state index contributed by atoms with van der Waals surface area (Å²) in [7, 11) is 0. The highest BCUT2D eigenvalue weighted by Gasteiger charge is 2.30. The fourth-order valence-electron chi connectivity index (χ4n) is 1.95. The molecule has 4 heteroatoms. The Balaban J connectivity index is 2.14. The fourth-order valence-corrected chi connectivity index (χ4v) is 3.16. The Kier molecular flexibility index (Phi) is 3.92. The van der Waals surface area contributed by atoms with Gasteiger partial charge in [0.1, 0.15) is 0 Å². The number of nitrogens with zero attached hydrogens (tertiary/aromatic N) is 1. The largest absolute Gasteiger partial charge is 0.326 e. The standard InChI is InChI=1S/C12H14BrNOS/c1-16-12-7-6-11(15)14(12)8-9-4-2-3-5-10(9)13/h2-5,12H,6-8H2,1H3. The van der Waals surface area contributed by atoms with E-state index < -0.39 is 0 Å². The van der Waals surface area contributed by atoms with Gasteiger partial charge in [-0.25, -0.2) is 0 Å². The van der Waals surface area contributed by atoms with Crippen LogP contribution in [-0.2, 0) is 11.3 Å². The molecule has 1 amide bonds. The van der Waals surface area contributed by atoms with Gasteiger partial charge in [0.05, 0.1) is 5.37 Å². The predicted octanol–water partition coefficient (Wildman–Crippen LogP) is 3.26. The van der Waals surface area contributed by atoms with Crippen molar-refractivity contribution in [2.75, 3.05) is 6.26 Å². The Hall–Kier alpha value is -0.480. The highest BCUT2D eigenvalue weighted by Crippen LogP contribution is 2.29. The van der Waals surface area contributed by atoms with Gasteiger partial charge in [0.15, 0.2) is 0 Å². The lowest BCUT2D eigenvalue weighted by atomic mass is 10.2. The lowest BCUT2D eigenvalue weighted by Crippen LogP contribution is -2.30. The summed E-state index contributed by atoms with van der Waals surface area (Å²) in [4.78, 5) is 13.7. The van der Waals surface area contributed by atoms with Crippen molar-refractivity contribution in [3.63, 3.8) is 0 Å². The minimum absolute atomic E-state index is 0.273. The summed E-state index contributed by atoms with van der Waals surface area (Å²) in [6, 6.07) is 8.08. The van der Waals surface area contributed by atoms with E-state index in [1.54, 1.807) is 11.8 Å². The van der Waals surface area contributed by atoms with E-state index in [9.17, 15) is 4.79 Å². The molecule has 2 nitrogen and oxygen atoms in total. The van der Waals surface area contributed by atoms with Gasteiger partial charge in [0.2, 0.25) is 5.91 Å². The van der Waals surface area contributed by atoms with Gasteiger partial charge in [-0.3, -0.25) is 4.79 Å². The average molecular weight is 300 g/mol. The number of carbonyl (C=O) groups is 1. The molecule has 0 radical (unpaired) electrons. The first-order valence-corrected chi connectivity index (χ1v) is 7.36. The third-order valence-electron chi connectivity index (χ3n) is 2.84. The molecule has 1 aromatic carbocycles. The van der Waals surface area contributed by atoms with Gasteiger partial charge in [-0.1, -0.05) is 34.1 Å². The number of rotatable bonds is 3. The molecule has 0 bridgehead atoms. The molecule has 1 unspecified atom stereocenters. The third kappa shape index (κ3) is 2.43. The molecule has 2 rings (SSSR count). The van der Waals surface area contributed by atoms with Crippen molar-refractivity contribution >= 4 is 33.6 Å². The van der Waals surface area contributed by atoms with Gasteiger partial charge in [0, 0.05) is 17.4 Å². The van der Waals surface area contributed by atoms with Crippen LogP contribution in [0.25, 0.3) is 0 Å². The van der Waals surface area contributed by atoms with Crippen LogP contribution in [0.4, 0.5) is 0 Å². The molecule has 0 saturated carbocycles. The Morgan fingerprint density at radius 2 is 2.25 bits per heavy atom. The second kappa shape index (κ2) is 5.23. The molecule has 1 aliphatic rings. The Morgan fingerprint density at radius 1 is 1.50 bits per heavy atom. The van der Waals surface area contributed by atoms with Crippen molar-refractivity contribution < 1.29 is 4.79 Å². The number of hydrogen-bond acceptors (Lipinski definition) is 2. The van der Waals surface area contributed by atoms with Crippen LogP contribution in [0.15, 0.2) is 28.7 Å². The van der Waals surface area contributed by atoms with E-state index in [0.717, 1.165) is 10.9 Å². The molecular formula is C12H14BrNOS. The van der Waals surface area contributed by atoms with Crippen LogP contribution in [0.1, 0.15) is 18.4 Å². The molecule has 16 heavy (non-hydrogen) atoms. The summed E-state index contributed by atoms with van der Waals surface area (Å²) in [5, 5.41) is 0.347. The van der Waals surface area contributed by atoms with Crippen LogP contribution in [0, 0.1) is 0 Å². The number of halogens is 1. The van der Waals surface area contributed by atoms with E-state index in [2.05, 4.69) is 28.3 Å². The summed E-state index contributed by atoms with van der Waals surface area (Å²) in [6.45, 7) is 0.714. The average Bonchev–Trinajstić information content (AvgIpc) is 2.63. The molecule has 86 valence electrons. The Bertz CT molecular complexity index is 396. The van der Waals surface area contributed by atoms with Gasteiger partial charge in [-0.15, -0.1) is 11.8 Å². The second-order valence-electron chi connectivity index (χ2n) is 3.84. The van der Waals surface area contributed by atoms with Gasteiger partial charge in [-0.05, 0) is 24.3 Å². The number of likely N-dealkylation sites (tertiary alicyclic amines) is 1. The zero-order valence-corrected chi connectivity index (χ0v) is 11.6. The Morgan fingerprint density at radius 3 is 2.94 bits per heavy atom. The highest BCUT2D eigenvalue weighted by molar-refractivity contribution is 9.10. The zero-order chi connectivity index (χ0) is 11.5. The van der Waals surface area contributed by atoms with E-state index in [1.807, 2.05) is 23.1 Å². The summed E-state index contributed by atoms with van der Waals surface area (Å²) >= 11 is 5.28. The van der Waals surface area contributed by atoms with E-state index in [0.29, 0.717) is 18.3 Å². The Labute approximate surface area is 109 Å². The van der Waals surface area contributed by atoms with Crippen molar-refractivity contribution in [2.24, 2.45) is 0 Å². The normalized spacial score (nSPS) is 20.5. The van der Waals surface area contributed by atoms with Crippen LogP contribution in [0.5, 0.6) is 0 Å². The molecule has 0 N–H and O–H groups in total. The maximum atomic E-state index is 11.8. The monoisotopic (exact) mass is 299 g/mol. The van der Waals surface area contributed by atoms with Crippen molar-refractivity contribution in [3.8, 4) is 0 Å². The summed E-state index contributed by atoms with van der Waals surface area (Å²) in [5.41, 5.74) is 1.18. The molecule has 1 aromatic rings. The van der Waals surface area contributed by atoms with Crippen LogP contribution >= 0.6 is 27.7 Å². The maximum absolute atomic E-state index is 11.8. The van der Waals surface area contributed by atoms with Crippen LogP contribution < -0.4 is 0 Å². The number of thioether (sulfide) groups is 1. The van der Waals surface area contributed by atoms with Crippen LogP contribution in [0.2, 0.25) is 0 Å². The molecule has 0 spiro atoms. The van der Waals surface area contributed by atoms with Gasteiger partial charge < -0.3 is 4.90 Å². The summed E-state index contributed by atoms with van der Waals surface area (Å²) in [6.07, 6.45) is 3.73. The van der Waals surface area contributed by atoms with E-state index in [4.69, 9.17) is 0 Å². The molecule has 1 atom stereocenters. The topological polar surface area (TPSA) is 20.3 Å². The predicted molar refractivity (Wildman–Crippen MR) is 71.2 cm³/mol. The van der Waals surface area contributed by atoms with Gasteiger partial charge in [-0.2, -0.15) is 0 Å². The quantitative estimate of drug-likeness (QED) is 0.854. The van der Waals surface area contributed by atoms with Crippen molar-refractivity contribution in [1.29, 1.82) is 0 Å². The lowest BCUT2D eigenvalue weighted by molar-refractivity contribution is -0.128. The first kappa shape index (κ1) is 12.0. The van der Waals surface area contributed by atoms with Crippen molar-refractivity contribution in [1.82, 2.24) is 4.90 Å². The van der Waals surface area contributed by atoms with Gasteiger partial charge in [0.25, 0.3) is 0 Å². The summed E-state index contributed by atoms with van der Waals surface area (Å²) in [5.74, 6) is 0.273. The third-order valence-corrected chi connectivity index (χ3v) is 4.65. The molecule has 1 saturated heterocycles. The number of hydrogen-bond donors (Lipinski definition) is 0. The first-order valence-electron chi connectivity index (χ1n) is 5.28. The van der Waals surface area contributed by atoms with Crippen molar-refractivity contribution in [2.45, 2.75) is 24.8 Å². The second-order valence-corrected chi connectivity index (χ2v) is 5.71. The molecule has 1 heterocycles. The fraction of sp³-hybridized carbons (Fsp3) is 0.417. The minimum Gasteiger partial charge on any atom is -0.326 e. The van der Waals surface area contributed by atoms with E-state index in [-0.39, 0.29) is 5.91 Å². The summed E-state index contributed by atoms with van der Waals surface area (Å²) < 4.78 is 1.08. The number of carbonyl (C=O) groups excluding carboxylic acids is 1. The van der Waals surface area contributed by atoms with Gasteiger partial charge >= 0.3 is 0 Å². The van der Waals surface area contributed by atoms with Crippen LogP contribution in [0.3, 0.4) is 0 Å². The molecule has 0 aromatic heterocycles. The van der Waals surface area contributed by atoms with E-state index >= 15 is 0 Å². The van der Waals surface area contributed by atoms with E-state index in [1.165, 1.54) is 5.56 Å². The van der Waals surface area contributed by atoms with Crippen molar-refractivity contribution in [3.05, 3.63) is 34.3 Å². The molecular weight excluding hydrogens is 286 g/mol. The smallest absolute Gasteiger partial charge is 0.223 e. The maximum Gasteiger partial charge on any atom is 0.223 e. The zero-order valence-electron chi connectivity index (χ0n) is 9.15. The SMILES string of the molecule is CSC1CCC(=O)N1Cc1ccccc1Br. The molecule has 0 aliphatic carbocycles. The van der Waals surface area contributed by atoms with Crippen LogP contribution in [-0.4, -0.2) is 22.4 Å². The minimum atomic E-state index is 0.273. The number of amides is 1. The highest BCUT2D eigenvalue weighted by atomic mass is 79.9. The lowest BCUT2D eigenvalue weighted by Gasteiger charge is -2.23. The molecule has 1 aliphatic heterocycles. The number of benzene rings is 1.